The predicted octanol–water partition coefficient (Wildman–Crippen LogP) is 3.55. The third kappa shape index (κ3) is 6.17. The van der Waals surface area contributed by atoms with Crippen molar-refractivity contribution in [2.24, 2.45) is 0 Å². The van der Waals surface area contributed by atoms with Gasteiger partial charge in [0.15, 0.2) is 5.78 Å². The minimum atomic E-state index is -0.848. The summed E-state index contributed by atoms with van der Waals surface area (Å²) in [6.45, 7) is 2.52. The number of ether oxygens (including phenoxy) is 1. The first-order chi connectivity index (χ1) is 12.5. The number of ketones is 1. The Labute approximate surface area is 157 Å². The largest absolute Gasteiger partial charge is 0.494 e. The lowest BCUT2D eigenvalue weighted by molar-refractivity contribution is -0.121. The maximum atomic E-state index is 12.1. The topological polar surface area (TPSA) is 75.6 Å². The number of amides is 1. The number of hydrogen-bond acceptors (Lipinski definition) is 4. The van der Waals surface area contributed by atoms with Gasteiger partial charge >= 0.3 is 0 Å². The SMILES string of the molecule is CCOc1ccc(C(=O)CCC(=O)NC[C@@H](O)c2cccc(Cl)c2)cc1. The minimum absolute atomic E-state index is 0.0638. The van der Waals surface area contributed by atoms with Gasteiger partial charge in [0.25, 0.3) is 0 Å². The fourth-order valence-corrected chi connectivity index (χ4v) is 2.60. The molecule has 0 saturated carbocycles. The Balaban J connectivity index is 1.76. The molecular weight excluding hydrogens is 354 g/mol. The number of aliphatic hydroxyl groups excluding tert-OH is 1. The van der Waals surface area contributed by atoms with Crippen molar-refractivity contribution in [1.29, 1.82) is 0 Å². The van der Waals surface area contributed by atoms with Crippen molar-refractivity contribution in [3.05, 3.63) is 64.7 Å². The van der Waals surface area contributed by atoms with E-state index >= 15 is 0 Å². The molecule has 1 amide bonds. The average molecular weight is 376 g/mol. The normalized spacial score (nSPS) is 11.7. The molecule has 0 bridgehead atoms. The number of carbonyl (C=O) groups excluding carboxylic acids is 2. The van der Waals surface area contributed by atoms with Crippen molar-refractivity contribution >= 4 is 23.3 Å². The third-order valence-electron chi connectivity index (χ3n) is 3.79. The maximum absolute atomic E-state index is 12.1. The van der Waals surface area contributed by atoms with E-state index in [2.05, 4.69) is 5.32 Å². The van der Waals surface area contributed by atoms with Crippen LogP contribution < -0.4 is 10.1 Å². The highest BCUT2D eigenvalue weighted by molar-refractivity contribution is 6.30. The van der Waals surface area contributed by atoms with E-state index < -0.39 is 6.10 Å². The molecule has 138 valence electrons. The first-order valence-electron chi connectivity index (χ1n) is 8.46. The summed E-state index contributed by atoms with van der Waals surface area (Å²) in [4.78, 5) is 24.0. The number of hydrogen-bond donors (Lipinski definition) is 2. The molecule has 0 fully saturated rings. The molecule has 2 rings (SSSR count). The van der Waals surface area contributed by atoms with Crippen LogP contribution in [0.3, 0.4) is 0 Å². The molecule has 0 aliphatic rings. The van der Waals surface area contributed by atoms with Crippen molar-refractivity contribution in [1.82, 2.24) is 5.32 Å². The Morgan fingerprint density at radius 1 is 1.15 bits per heavy atom. The lowest BCUT2D eigenvalue weighted by Gasteiger charge is -2.12. The van der Waals surface area contributed by atoms with Crippen LogP contribution in [0.1, 0.15) is 41.8 Å². The summed E-state index contributed by atoms with van der Waals surface area (Å²) in [6.07, 6.45) is -0.680. The summed E-state index contributed by atoms with van der Waals surface area (Å²) in [5.41, 5.74) is 1.17. The van der Waals surface area contributed by atoms with Gasteiger partial charge in [0, 0.05) is 30.0 Å². The number of carbonyl (C=O) groups is 2. The van der Waals surface area contributed by atoms with Crippen molar-refractivity contribution in [3.8, 4) is 5.75 Å². The number of halogens is 1. The quantitative estimate of drug-likeness (QED) is 0.657. The van der Waals surface area contributed by atoms with Crippen LogP contribution in [-0.2, 0) is 4.79 Å². The Morgan fingerprint density at radius 3 is 2.54 bits per heavy atom. The van der Waals surface area contributed by atoms with E-state index in [1.807, 2.05) is 6.92 Å². The average Bonchev–Trinajstić information content (AvgIpc) is 2.65. The molecule has 26 heavy (non-hydrogen) atoms. The summed E-state index contributed by atoms with van der Waals surface area (Å²) in [7, 11) is 0. The second-order valence-corrected chi connectivity index (χ2v) is 6.19. The van der Waals surface area contributed by atoms with Gasteiger partial charge in [-0.25, -0.2) is 0 Å². The van der Waals surface area contributed by atoms with Crippen molar-refractivity contribution in [3.63, 3.8) is 0 Å². The molecule has 0 spiro atoms. The molecule has 6 heteroatoms. The highest BCUT2D eigenvalue weighted by Crippen LogP contribution is 2.17. The van der Waals surface area contributed by atoms with E-state index in [0.717, 1.165) is 0 Å². The van der Waals surface area contributed by atoms with Crippen LogP contribution >= 0.6 is 11.6 Å². The zero-order chi connectivity index (χ0) is 18.9. The van der Waals surface area contributed by atoms with Crippen LogP contribution in [0.15, 0.2) is 48.5 Å². The lowest BCUT2D eigenvalue weighted by atomic mass is 10.1. The van der Waals surface area contributed by atoms with Crippen LogP contribution in [0, 0.1) is 0 Å². The van der Waals surface area contributed by atoms with Crippen LogP contribution in [0.25, 0.3) is 0 Å². The molecule has 2 N–H and O–H groups in total. The Hall–Kier alpha value is -2.37. The molecule has 2 aromatic rings. The second kappa shape index (κ2) is 9.94. The molecule has 2 aromatic carbocycles. The predicted molar refractivity (Wildman–Crippen MR) is 101 cm³/mol. The van der Waals surface area contributed by atoms with Gasteiger partial charge in [0.2, 0.25) is 5.91 Å². The monoisotopic (exact) mass is 375 g/mol. The summed E-state index contributed by atoms with van der Waals surface area (Å²) >= 11 is 5.88. The van der Waals surface area contributed by atoms with Crippen molar-refractivity contribution < 1.29 is 19.4 Å². The number of Topliss-reactive ketones (excluding diaryl/α,β-unsaturated/α-hetero) is 1. The molecule has 0 radical (unpaired) electrons. The van der Waals surface area contributed by atoms with E-state index in [-0.39, 0.29) is 31.1 Å². The fraction of sp³-hybridized carbons (Fsp3) is 0.300. The lowest BCUT2D eigenvalue weighted by Crippen LogP contribution is -2.28. The number of nitrogens with one attached hydrogen (secondary N) is 1. The molecule has 0 aromatic heterocycles. The molecule has 5 nitrogen and oxygen atoms in total. The minimum Gasteiger partial charge on any atom is -0.494 e. The van der Waals surface area contributed by atoms with Gasteiger partial charge in [-0.3, -0.25) is 9.59 Å². The zero-order valence-corrected chi connectivity index (χ0v) is 15.3. The maximum Gasteiger partial charge on any atom is 0.220 e. The van der Waals surface area contributed by atoms with E-state index in [4.69, 9.17) is 16.3 Å². The van der Waals surface area contributed by atoms with Crippen LogP contribution in [0.5, 0.6) is 5.75 Å². The van der Waals surface area contributed by atoms with Gasteiger partial charge in [0.05, 0.1) is 12.7 Å². The van der Waals surface area contributed by atoms with E-state index in [1.165, 1.54) is 0 Å². The van der Waals surface area contributed by atoms with Crippen molar-refractivity contribution in [2.75, 3.05) is 13.2 Å². The van der Waals surface area contributed by atoms with E-state index in [0.29, 0.717) is 28.5 Å². The van der Waals surface area contributed by atoms with Gasteiger partial charge < -0.3 is 15.2 Å². The molecule has 0 saturated heterocycles. The van der Waals surface area contributed by atoms with Crippen LogP contribution in [-0.4, -0.2) is 29.9 Å². The zero-order valence-electron chi connectivity index (χ0n) is 14.6. The molecule has 0 aliphatic heterocycles. The highest BCUT2D eigenvalue weighted by Gasteiger charge is 2.12. The number of rotatable bonds is 9. The van der Waals surface area contributed by atoms with E-state index in [9.17, 15) is 14.7 Å². The van der Waals surface area contributed by atoms with Gasteiger partial charge in [-0.2, -0.15) is 0 Å². The molecular formula is C20H22ClNO4. The Morgan fingerprint density at radius 2 is 1.88 bits per heavy atom. The van der Waals surface area contributed by atoms with Gasteiger partial charge in [-0.15, -0.1) is 0 Å². The summed E-state index contributed by atoms with van der Waals surface area (Å²) in [5, 5.41) is 13.2. The fourth-order valence-electron chi connectivity index (χ4n) is 2.41. The smallest absolute Gasteiger partial charge is 0.220 e. The first kappa shape index (κ1) is 19.9. The molecule has 0 unspecified atom stereocenters. The summed E-state index contributed by atoms with van der Waals surface area (Å²) in [6, 6.07) is 13.7. The van der Waals surface area contributed by atoms with Crippen LogP contribution in [0.4, 0.5) is 0 Å². The number of aliphatic hydroxyl groups is 1. The summed E-state index contributed by atoms with van der Waals surface area (Å²) in [5.74, 6) is 0.306. The first-order valence-corrected chi connectivity index (χ1v) is 8.83. The highest BCUT2D eigenvalue weighted by atomic mass is 35.5. The van der Waals surface area contributed by atoms with Gasteiger partial charge in [0.1, 0.15) is 5.75 Å². The summed E-state index contributed by atoms with van der Waals surface area (Å²) < 4.78 is 5.33. The molecule has 0 aliphatic carbocycles. The van der Waals surface area contributed by atoms with Crippen molar-refractivity contribution in [2.45, 2.75) is 25.9 Å². The number of benzene rings is 2. The Kier molecular flexibility index (Phi) is 7.63. The van der Waals surface area contributed by atoms with E-state index in [1.54, 1.807) is 48.5 Å². The van der Waals surface area contributed by atoms with Crippen LogP contribution in [0.2, 0.25) is 5.02 Å². The molecule has 0 heterocycles. The third-order valence-corrected chi connectivity index (χ3v) is 4.03. The molecule has 1 atom stereocenters. The van der Waals surface area contributed by atoms with Gasteiger partial charge in [-0.1, -0.05) is 23.7 Å². The Bertz CT molecular complexity index is 746. The standard InChI is InChI=1S/C20H22ClNO4/c1-2-26-17-8-6-14(7-9-17)18(23)10-11-20(25)22-13-19(24)15-4-3-5-16(21)12-15/h3-9,12,19,24H,2,10-11,13H2,1H3,(H,22,25)/t19-/m1/s1. The second-order valence-electron chi connectivity index (χ2n) is 5.76. The van der Waals surface area contributed by atoms with Gasteiger partial charge in [-0.05, 0) is 48.9 Å².